The molecule has 4 aromatic rings. The Morgan fingerprint density at radius 3 is 2.49 bits per heavy atom. The minimum Gasteiger partial charge on any atom is -0.445 e. The SMILES string of the molecule is CCNC(=O)c1cc2c(-c3cc(NS(=O)(=O)CC)cnc3Oc3c(F)cncc3F)cn(C)c(=O)c2o1. The molecule has 2 N–H and O–H groups in total. The van der Waals surface area contributed by atoms with Crippen molar-refractivity contribution in [1.82, 2.24) is 19.9 Å². The van der Waals surface area contributed by atoms with Crippen molar-refractivity contribution in [3.05, 3.63) is 64.7 Å². The number of ether oxygens (including phenoxy) is 1. The average Bonchev–Trinajstić information content (AvgIpc) is 3.30. The van der Waals surface area contributed by atoms with E-state index in [1.807, 2.05) is 0 Å². The van der Waals surface area contributed by atoms with Gasteiger partial charge in [-0.2, -0.15) is 0 Å². The summed E-state index contributed by atoms with van der Waals surface area (Å²) in [5, 5.41) is 2.74. The fraction of sp³-hybridized carbons (Fsp3) is 0.217. The number of nitrogens with zero attached hydrogens (tertiary/aromatic N) is 3. The molecular weight excluding hydrogens is 512 g/mol. The number of aryl methyl sites for hydroxylation is 1. The second-order valence-electron chi connectivity index (χ2n) is 7.79. The van der Waals surface area contributed by atoms with Gasteiger partial charge in [0.05, 0.1) is 30.0 Å². The number of carbonyl (C=O) groups is 1. The van der Waals surface area contributed by atoms with Gasteiger partial charge in [0.2, 0.25) is 27.2 Å². The van der Waals surface area contributed by atoms with E-state index in [-0.39, 0.29) is 45.2 Å². The molecular formula is C23H21F2N5O6S. The van der Waals surface area contributed by atoms with Gasteiger partial charge in [-0.15, -0.1) is 0 Å². The number of nitrogens with one attached hydrogen (secondary N) is 2. The summed E-state index contributed by atoms with van der Waals surface area (Å²) in [6.07, 6.45) is 3.99. The number of aromatic nitrogens is 3. The van der Waals surface area contributed by atoms with Gasteiger partial charge in [-0.1, -0.05) is 0 Å². The number of furan rings is 1. The Balaban J connectivity index is 1.98. The number of hydrogen-bond acceptors (Lipinski definition) is 8. The number of carbonyl (C=O) groups excluding carboxylic acids is 1. The van der Waals surface area contributed by atoms with Crippen molar-refractivity contribution >= 4 is 32.6 Å². The first kappa shape index (κ1) is 25.8. The van der Waals surface area contributed by atoms with Crippen molar-refractivity contribution in [1.29, 1.82) is 0 Å². The molecule has 0 saturated heterocycles. The van der Waals surface area contributed by atoms with Crippen LogP contribution in [0, 0.1) is 11.6 Å². The van der Waals surface area contributed by atoms with Crippen LogP contribution in [0.3, 0.4) is 0 Å². The van der Waals surface area contributed by atoms with Crippen LogP contribution in [0.25, 0.3) is 22.1 Å². The van der Waals surface area contributed by atoms with Gasteiger partial charge in [-0.3, -0.25) is 19.3 Å². The van der Waals surface area contributed by atoms with E-state index in [4.69, 9.17) is 9.15 Å². The van der Waals surface area contributed by atoms with Crippen LogP contribution < -0.4 is 20.3 Å². The molecule has 1 amide bonds. The second-order valence-corrected chi connectivity index (χ2v) is 9.80. The predicted octanol–water partition coefficient (Wildman–Crippen LogP) is 3.17. The number of hydrogen-bond donors (Lipinski definition) is 2. The average molecular weight is 534 g/mol. The van der Waals surface area contributed by atoms with E-state index in [2.05, 4.69) is 20.0 Å². The molecule has 0 aromatic carbocycles. The molecule has 4 rings (SSSR count). The summed E-state index contributed by atoms with van der Waals surface area (Å²) in [6.45, 7) is 3.46. The minimum atomic E-state index is -3.71. The number of fused-ring (bicyclic) bond motifs is 1. The lowest BCUT2D eigenvalue weighted by molar-refractivity contribution is 0.0930. The summed E-state index contributed by atoms with van der Waals surface area (Å²) in [5.74, 6) is -4.24. The molecule has 0 bridgehead atoms. The Morgan fingerprint density at radius 2 is 1.84 bits per heavy atom. The fourth-order valence-electron chi connectivity index (χ4n) is 3.43. The number of pyridine rings is 3. The highest BCUT2D eigenvalue weighted by molar-refractivity contribution is 7.92. The normalized spacial score (nSPS) is 11.5. The molecule has 0 aliphatic rings. The fourth-order valence-corrected chi connectivity index (χ4v) is 4.05. The Kier molecular flexibility index (Phi) is 6.94. The van der Waals surface area contributed by atoms with E-state index in [9.17, 15) is 26.8 Å². The maximum atomic E-state index is 14.3. The Bertz CT molecular complexity index is 1660. The van der Waals surface area contributed by atoms with E-state index < -0.39 is 38.9 Å². The van der Waals surface area contributed by atoms with Gasteiger partial charge >= 0.3 is 0 Å². The monoisotopic (exact) mass is 533 g/mol. The zero-order valence-corrected chi connectivity index (χ0v) is 20.7. The molecule has 11 nitrogen and oxygen atoms in total. The Morgan fingerprint density at radius 1 is 1.14 bits per heavy atom. The summed E-state index contributed by atoms with van der Waals surface area (Å²) in [6, 6.07) is 2.65. The van der Waals surface area contributed by atoms with Crippen molar-refractivity contribution in [2.24, 2.45) is 7.05 Å². The van der Waals surface area contributed by atoms with Crippen LogP contribution in [0.4, 0.5) is 14.5 Å². The molecule has 194 valence electrons. The Labute approximate surface area is 209 Å². The summed E-state index contributed by atoms with van der Waals surface area (Å²) in [7, 11) is -2.28. The van der Waals surface area contributed by atoms with Gasteiger partial charge in [0, 0.05) is 36.3 Å². The zero-order chi connectivity index (χ0) is 26.9. The topological polar surface area (TPSA) is 145 Å². The highest BCUT2D eigenvalue weighted by atomic mass is 32.2. The van der Waals surface area contributed by atoms with Crippen molar-refractivity contribution in [2.75, 3.05) is 17.0 Å². The number of sulfonamides is 1. The molecule has 4 aromatic heterocycles. The molecule has 14 heteroatoms. The molecule has 0 atom stereocenters. The lowest BCUT2D eigenvalue weighted by atomic mass is 10.0. The summed E-state index contributed by atoms with van der Waals surface area (Å²) in [4.78, 5) is 32.6. The van der Waals surface area contributed by atoms with Crippen LogP contribution in [0.1, 0.15) is 24.4 Å². The molecule has 37 heavy (non-hydrogen) atoms. The van der Waals surface area contributed by atoms with Crippen LogP contribution in [0.2, 0.25) is 0 Å². The lowest BCUT2D eigenvalue weighted by Crippen LogP contribution is -2.22. The van der Waals surface area contributed by atoms with Crippen molar-refractivity contribution in [3.63, 3.8) is 0 Å². The highest BCUT2D eigenvalue weighted by Gasteiger charge is 2.23. The first-order valence-electron chi connectivity index (χ1n) is 10.9. The molecule has 0 aliphatic heterocycles. The van der Waals surface area contributed by atoms with Gasteiger partial charge in [-0.25, -0.2) is 22.2 Å². The van der Waals surface area contributed by atoms with Gasteiger partial charge in [0.1, 0.15) is 0 Å². The van der Waals surface area contributed by atoms with Crippen molar-refractivity contribution in [2.45, 2.75) is 13.8 Å². The molecule has 0 aliphatic carbocycles. The lowest BCUT2D eigenvalue weighted by Gasteiger charge is -2.15. The van der Waals surface area contributed by atoms with Crippen LogP contribution >= 0.6 is 0 Å². The Hall–Kier alpha value is -4.33. The van der Waals surface area contributed by atoms with Gasteiger partial charge in [0.15, 0.2) is 17.4 Å². The maximum Gasteiger partial charge on any atom is 0.293 e. The highest BCUT2D eigenvalue weighted by Crippen LogP contribution is 2.38. The van der Waals surface area contributed by atoms with E-state index in [1.165, 1.54) is 36.9 Å². The molecule has 0 spiro atoms. The molecule has 4 heterocycles. The predicted molar refractivity (Wildman–Crippen MR) is 130 cm³/mol. The largest absolute Gasteiger partial charge is 0.445 e. The van der Waals surface area contributed by atoms with Gasteiger partial charge < -0.3 is 19.0 Å². The first-order valence-corrected chi connectivity index (χ1v) is 12.6. The number of halogens is 2. The van der Waals surface area contributed by atoms with Crippen LogP contribution in [-0.2, 0) is 17.1 Å². The quantitative estimate of drug-likeness (QED) is 0.351. The van der Waals surface area contributed by atoms with Crippen LogP contribution in [-0.4, -0.2) is 41.2 Å². The van der Waals surface area contributed by atoms with Crippen molar-refractivity contribution in [3.8, 4) is 22.8 Å². The standard InChI is InChI=1S/C23H21F2N5O6S/c1-4-27-21(31)18-7-13-15(11-30(3)23(32)19(13)35-18)14-6-12(29-37(33,34)5-2)8-28-22(14)36-20-16(24)9-26-10-17(20)25/h6-11,29H,4-5H2,1-3H3,(H,27,31). The summed E-state index contributed by atoms with van der Waals surface area (Å²) < 4.78 is 67.4. The van der Waals surface area contributed by atoms with Crippen molar-refractivity contribution < 1.29 is 31.1 Å². The third kappa shape index (κ3) is 5.14. The second kappa shape index (κ2) is 9.97. The van der Waals surface area contributed by atoms with Gasteiger partial charge in [0.25, 0.3) is 11.5 Å². The summed E-state index contributed by atoms with van der Waals surface area (Å²) >= 11 is 0. The van der Waals surface area contributed by atoms with Crippen LogP contribution in [0.15, 0.2) is 46.1 Å². The minimum absolute atomic E-state index is 0.0225. The molecule has 0 fully saturated rings. The van der Waals surface area contributed by atoms with E-state index in [1.54, 1.807) is 6.92 Å². The smallest absolute Gasteiger partial charge is 0.293 e. The van der Waals surface area contributed by atoms with E-state index >= 15 is 0 Å². The number of rotatable bonds is 8. The summed E-state index contributed by atoms with van der Waals surface area (Å²) in [5.41, 5.74) is -0.441. The zero-order valence-electron chi connectivity index (χ0n) is 19.8. The first-order chi connectivity index (χ1) is 17.5. The molecule has 0 radical (unpaired) electrons. The van der Waals surface area contributed by atoms with E-state index in [0.29, 0.717) is 6.54 Å². The van der Waals surface area contributed by atoms with Gasteiger partial charge in [-0.05, 0) is 26.0 Å². The molecule has 0 unspecified atom stereocenters. The molecule has 0 saturated carbocycles. The maximum absolute atomic E-state index is 14.3. The third-order valence-electron chi connectivity index (χ3n) is 5.22. The third-order valence-corrected chi connectivity index (χ3v) is 6.53. The number of anilines is 1. The number of amides is 1. The van der Waals surface area contributed by atoms with Crippen LogP contribution in [0.5, 0.6) is 11.6 Å². The van der Waals surface area contributed by atoms with E-state index in [0.717, 1.165) is 18.6 Å².